The van der Waals surface area contributed by atoms with Crippen molar-refractivity contribution in [2.75, 3.05) is 18.9 Å². The molecule has 0 saturated carbocycles. The van der Waals surface area contributed by atoms with E-state index in [2.05, 4.69) is 29.9 Å². The van der Waals surface area contributed by atoms with Gasteiger partial charge in [-0.15, -0.1) is 0 Å². The van der Waals surface area contributed by atoms with E-state index in [-0.39, 0.29) is 30.1 Å². The van der Waals surface area contributed by atoms with Gasteiger partial charge in [0.25, 0.3) is 5.56 Å². The van der Waals surface area contributed by atoms with Crippen molar-refractivity contribution in [3.8, 4) is 0 Å². The van der Waals surface area contributed by atoms with Gasteiger partial charge in [0, 0.05) is 5.92 Å². The average molecular weight is 607 g/mol. The quantitative estimate of drug-likeness (QED) is 0.169. The summed E-state index contributed by atoms with van der Waals surface area (Å²) >= 11 is 0. The second kappa shape index (κ2) is 10.1. The number of hydrogen-bond acceptors (Lipinski definition) is 15. The molecule has 2 unspecified atom stereocenters. The van der Waals surface area contributed by atoms with Gasteiger partial charge in [-0.2, -0.15) is 4.98 Å². The van der Waals surface area contributed by atoms with Crippen LogP contribution in [0.1, 0.15) is 24.6 Å². The van der Waals surface area contributed by atoms with Crippen molar-refractivity contribution < 1.29 is 42.9 Å². The first-order valence-electron chi connectivity index (χ1n) is 12.9. The summed E-state index contributed by atoms with van der Waals surface area (Å²) in [4.78, 5) is 46.0. The van der Waals surface area contributed by atoms with E-state index in [0.717, 1.165) is 0 Å². The van der Waals surface area contributed by atoms with Crippen LogP contribution in [0.25, 0.3) is 22.3 Å². The SMILES string of the molecule is Cc1ncnc2c1ncn2[C@@H]1O[C@@H]2COP(=O)(O)O[C@@H]3[C@H](O)C(OCC[C@H]2[C@H]1O)O[C@H]3n1cnc2c(=O)[nH]c(N)nc21. The zero-order valence-corrected chi connectivity index (χ0v) is 22.7. The van der Waals surface area contributed by atoms with Crippen LogP contribution in [-0.4, -0.2) is 98.1 Å². The maximum atomic E-state index is 13.1. The number of nitrogen functional groups attached to an aromatic ring is 1. The van der Waals surface area contributed by atoms with Crippen LogP contribution in [0.4, 0.5) is 5.95 Å². The largest absolute Gasteiger partial charge is 0.472 e. The lowest BCUT2D eigenvalue weighted by Gasteiger charge is -2.26. The molecule has 0 spiro atoms. The van der Waals surface area contributed by atoms with Crippen molar-refractivity contribution in [1.29, 1.82) is 0 Å². The lowest BCUT2D eigenvalue weighted by atomic mass is 9.95. The predicted octanol–water partition coefficient (Wildman–Crippen LogP) is -1.14. The summed E-state index contributed by atoms with van der Waals surface area (Å²) in [7, 11) is -4.88. The van der Waals surface area contributed by atoms with E-state index in [1.807, 2.05) is 0 Å². The fourth-order valence-electron chi connectivity index (χ4n) is 5.59. The number of aliphatic hydroxyl groups is 2. The van der Waals surface area contributed by atoms with Crippen LogP contribution in [0.2, 0.25) is 0 Å². The van der Waals surface area contributed by atoms with Crippen molar-refractivity contribution in [1.82, 2.24) is 39.0 Å². The van der Waals surface area contributed by atoms with Crippen LogP contribution in [0.5, 0.6) is 0 Å². The van der Waals surface area contributed by atoms with Gasteiger partial charge in [-0.3, -0.25) is 28.0 Å². The first-order valence-corrected chi connectivity index (χ1v) is 14.4. The molecule has 3 fully saturated rings. The molecule has 4 aromatic rings. The van der Waals surface area contributed by atoms with E-state index in [0.29, 0.717) is 16.9 Å². The van der Waals surface area contributed by atoms with Gasteiger partial charge in [0.1, 0.15) is 30.2 Å². The fourth-order valence-corrected chi connectivity index (χ4v) is 6.53. The zero-order valence-electron chi connectivity index (χ0n) is 21.8. The third-order valence-corrected chi connectivity index (χ3v) is 8.61. The number of nitrogens with two attached hydrogens (primary N) is 1. The standard InChI is InChI=1S/C22H26N9O10P/c1-8-11-16(25-5-24-8)30(6-26-11)19-13(32)9-2-3-37-21-14(33)15(41-42(35,36)38-4-10(9)39-19)20(40-21)31-7-27-12-17(31)28-22(23)29-18(12)34/h5-7,9-10,13-15,19-21,32-33H,2-4H2,1H3,(H,35,36)(H3,23,28,29,34)/t9-,10-,13-,14+,15-,19-,20-,21?/m1/s1. The summed E-state index contributed by atoms with van der Waals surface area (Å²) in [5, 5.41) is 22.3. The number of nitrogens with zero attached hydrogens (tertiary/aromatic N) is 7. The predicted molar refractivity (Wildman–Crippen MR) is 137 cm³/mol. The third-order valence-electron chi connectivity index (χ3n) is 7.62. The molecule has 2 bridgehead atoms. The van der Waals surface area contributed by atoms with Gasteiger partial charge < -0.3 is 35.1 Å². The van der Waals surface area contributed by atoms with Crippen molar-refractivity contribution in [3.63, 3.8) is 0 Å². The summed E-state index contributed by atoms with van der Waals surface area (Å²) in [6.07, 6.45) is -4.36. The number of aryl methyl sites for hydroxylation is 1. The van der Waals surface area contributed by atoms with E-state index in [1.54, 1.807) is 11.5 Å². The fraction of sp³-hybridized carbons (Fsp3) is 0.545. The van der Waals surface area contributed by atoms with E-state index < -0.39 is 69.1 Å². The summed E-state index contributed by atoms with van der Waals surface area (Å²) in [5.41, 5.74) is 6.62. The number of rotatable bonds is 2. The minimum atomic E-state index is -4.88. The lowest BCUT2D eigenvalue weighted by molar-refractivity contribution is -0.178. The van der Waals surface area contributed by atoms with Gasteiger partial charge in [0.05, 0.1) is 37.7 Å². The molecule has 3 aliphatic rings. The van der Waals surface area contributed by atoms with E-state index in [4.69, 9.17) is 29.0 Å². The summed E-state index contributed by atoms with van der Waals surface area (Å²) in [6.45, 7) is 1.33. The molecule has 9 atom stereocenters. The Hall–Kier alpha value is -3.39. The van der Waals surface area contributed by atoms with Crippen LogP contribution >= 0.6 is 7.82 Å². The molecule has 19 nitrogen and oxygen atoms in total. The normalized spacial score (nSPS) is 35.7. The number of imidazole rings is 2. The van der Waals surface area contributed by atoms with Crippen molar-refractivity contribution >= 4 is 36.1 Å². The topological polar surface area (TPSA) is 257 Å². The minimum absolute atomic E-state index is 0.00619. The number of aromatic amines is 1. The maximum Gasteiger partial charge on any atom is 0.472 e. The molecule has 4 aromatic heterocycles. The first-order chi connectivity index (χ1) is 20.1. The highest BCUT2D eigenvalue weighted by Gasteiger charge is 2.52. The summed E-state index contributed by atoms with van der Waals surface area (Å²) in [6, 6.07) is 0. The Kier molecular flexibility index (Phi) is 6.61. The number of aromatic nitrogens is 8. The number of anilines is 1. The highest BCUT2D eigenvalue weighted by atomic mass is 31.2. The zero-order chi connectivity index (χ0) is 29.3. The Bertz CT molecular complexity index is 1760. The van der Waals surface area contributed by atoms with Crippen LogP contribution in [0.3, 0.4) is 0 Å². The highest BCUT2D eigenvalue weighted by molar-refractivity contribution is 7.47. The molecule has 7 rings (SSSR count). The highest BCUT2D eigenvalue weighted by Crippen LogP contribution is 2.51. The smallest absolute Gasteiger partial charge is 0.388 e. The van der Waals surface area contributed by atoms with E-state index in [1.165, 1.54) is 23.5 Å². The molecule has 3 aliphatic heterocycles. The van der Waals surface area contributed by atoms with E-state index >= 15 is 0 Å². The average Bonchev–Trinajstić information content (AvgIpc) is 3.69. The van der Waals surface area contributed by atoms with Crippen LogP contribution in [0, 0.1) is 12.8 Å². The lowest BCUT2D eigenvalue weighted by Crippen LogP contribution is -2.37. The molecule has 6 N–H and O–H groups in total. The van der Waals surface area contributed by atoms with Crippen LogP contribution in [0.15, 0.2) is 23.8 Å². The molecule has 224 valence electrons. The van der Waals surface area contributed by atoms with Crippen LogP contribution < -0.4 is 11.3 Å². The Labute approximate surface area is 234 Å². The Morgan fingerprint density at radius 2 is 1.81 bits per heavy atom. The molecule has 20 heteroatoms. The Morgan fingerprint density at radius 3 is 2.62 bits per heavy atom. The van der Waals surface area contributed by atoms with Crippen molar-refractivity contribution in [2.45, 2.75) is 56.5 Å². The Morgan fingerprint density at radius 1 is 1.05 bits per heavy atom. The number of fused-ring (bicyclic) bond motifs is 5. The third kappa shape index (κ3) is 4.50. The number of phosphoric ester groups is 1. The molecule has 42 heavy (non-hydrogen) atoms. The molecular formula is C22H26N9O10P. The summed E-state index contributed by atoms with van der Waals surface area (Å²) < 4.78 is 44.4. The number of nitrogens with one attached hydrogen (secondary N) is 1. The van der Waals surface area contributed by atoms with Gasteiger partial charge in [0.2, 0.25) is 5.95 Å². The first kappa shape index (κ1) is 27.4. The van der Waals surface area contributed by atoms with Crippen molar-refractivity contribution in [2.24, 2.45) is 5.92 Å². The molecule has 3 saturated heterocycles. The maximum absolute atomic E-state index is 13.1. The second-order valence-corrected chi connectivity index (χ2v) is 11.6. The molecule has 0 radical (unpaired) electrons. The van der Waals surface area contributed by atoms with Crippen LogP contribution in [-0.2, 0) is 27.8 Å². The monoisotopic (exact) mass is 607 g/mol. The molecule has 0 amide bonds. The van der Waals surface area contributed by atoms with Gasteiger partial charge in [-0.1, -0.05) is 0 Å². The van der Waals surface area contributed by atoms with Crippen molar-refractivity contribution in [3.05, 3.63) is 35.0 Å². The van der Waals surface area contributed by atoms with Gasteiger partial charge in [0.15, 0.2) is 35.6 Å². The number of phosphoric acid groups is 1. The number of ether oxygens (including phenoxy) is 3. The number of hydrogen-bond donors (Lipinski definition) is 5. The minimum Gasteiger partial charge on any atom is -0.388 e. The van der Waals surface area contributed by atoms with Gasteiger partial charge >= 0.3 is 7.82 Å². The molecule has 0 aromatic carbocycles. The number of aliphatic hydroxyl groups excluding tert-OH is 2. The molecular weight excluding hydrogens is 581 g/mol. The number of H-pyrrole nitrogens is 1. The van der Waals surface area contributed by atoms with Gasteiger partial charge in [-0.25, -0.2) is 24.5 Å². The Balaban J connectivity index is 1.17. The molecule has 0 aliphatic carbocycles. The second-order valence-electron chi connectivity index (χ2n) is 10.2. The summed E-state index contributed by atoms with van der Waals surface area (Å²) in [5.74, 6) is -0.828. The van der Waals surface area contributed by atoms with E-state index in [9.17, 15) is 24.5 Å². The molecule has 7 heterocycles. The van der Waals surface area contributed by atoms with Gasteiger partial charge in [-0.05, 0) is 13.3 Å².